The summed E-state index contributed by atoms with van der Waals surface area (Å²) in [5, 5.41) is 26.5. The lowest BCUT2D eigenvalue weighted by Crippen LogP contribution is -1.96. The number of rotatable bonds is 1. The van der Waals surface area contributed by atoms with E-state index in [1.165, 1.54) is 12.1 Å². The van der Waals surface area contributed by atoms with Crippen LogP contribution in [0.5, 0.6) is 11.5 Å². The molecule has 0 atom stereocenters. The fourth-order valence-corrected chi connectivity index (χ4v) is 1.19. The van der Waals surface area contributed by atoms with Gasteiger partial charge in [-0.25, -0.2) is 4.79 Å². The normalized spacial score (nSPS) is 9.75. The predicted octanol–water partition coefficient (Wildman–Crippen LogP) is 1.56. The summed E-state index contributed by atoms with van der Waals surface area (Å²) in [6.07, 6.45) is 0. The smallest absolute Gasteiger partial charge is 0.339 e. The number of phenols is 2. The number of benzene rings is 1. The van der Waals surface area contributed by atoms with Gasteiger partial charge in [-0.1, -0.05) is 15.9 Å². The summed E-state index contributed by atoms with van der Waals surface area (Å²) in [6, 6.07) is 2.42. The first-order valence-corrected chi connectivity index (χ1v) is 3.76. The molecule has 1 rings (SSSR count). The van der Waals surface area contributed by atoms with Crippen LogP contribution in [0.15, 0.2) is 16.6 Å². The average Bonchev–Trinajstić information content (AvgIpc) is 1.96. The van der Waals surface area contributed by atoms with Gasteiger partial charge in [0.1, 0.15) is 5.56 Å². The van der Waals surface area contributed by atoms with Gasteiger partial charge < -0.3 is 15.3 Å². The summed E-state index contributed by atoms with van der Waals surface area (Å²) in [6.45, 7) is 0. The SMILES string of the molecule is O=C(O)c1cc(Br)cc(O)c1O. The number of carboxylic acids is 1. The zero-order valence-electron chi connectivity index (χ0n) is 5.78. The summed E-state index contributed by atoms with van der Waals surface area (Å²) in [7, 11) is 0. The Morgan fingerprint density at radius 3 is 2.42 bits per heavy atom. The van der Waals surface area contributed by atoms with E-state index in [4.69, 9.17) is 15.3 Å². The quantitative estimate of drug-likeness (QED) is 0.643. The van der Waals surface area contributed by atoms with Crippen LogP contribution in [0.4, 0.5) is 0 Å². The van der Waals surface area contributed by atoms with Crippen LogP contribution in [0.3, 0.4) is 0 Å². The highest BCUT2D eigenvalue weighted by molar-refractivity contribution is 9.10. The van der Waals surface area contributed by atoms with Gasteiger partial charge in [0.25, 0.3) is 0 Å². The van der Waals surface area contributed by atoms with Crippen molar-refractivity contribution in [1.82, 2.24) is 0 Å². The standard InChI is InChI=1S/C7H5BrO4/c8-3-1-4(7(11)12)6(10)5(9)2-3/h1-2,9-10H,(H,11,12). The molecule has 1 aromatic carbocycles. The molecule has 0 aliphatic rings. The Morgan fingerprint density at radius 1 is 1.33 bits per heavy atom. The molecule has 0 radical (unpaired) electrons. The van der Waals surface area contributed by atoms with Crippen LogP contribution in [-0.2, 0) is 0 Å². The molecule has 64 valence electrons. The Bertz CT molecular complexity index is 334. The van der Waals surface area contributed by atoms with E-state index in [9.17, 15) is 4.79 Å². The topological polar surface area (TPSA) is 77.8 Å². The molecule has 0 aliphatic heterocycles. The van der Waals surface area contributed by atoms with Crippen molar-refractivity contribution in [3.63, 3.8) is 0 Å². The lowest BCUT2D eigenvalue weighted by Gasteiger charge is -2.01. The van der Waals surface area contributed by atoms with Crippen molar-refractivity contribution < 1.29 is 20.1 Å². The molecule has 5 heteroatoms. The maximum absolute atomic E-state index is 10.4. The number of aromatic hydroxyl groups is 2. The molecule has 0 aliphatic carbocycles. The van der Waals surface area contributed by atoms with Gasteiger partial charge in [-0.15, -0.1) is 0 Å². The molecular formula is C7H5BrO4. The van der Waals surface area contributed by atoms with Gasteiger partial charge in [0.15, 0.2) is 11.5 Å². The van der Waals surface area contributed by atoms with Crippen LogP contribution in [0.1, 0.15) is 10.4 Å². The number of carboxylic acid groups (broad SMARTS) is 1. The average molecular weight is 233 g/mol. The number of phenolic OH excluding ortho intramolecular Hbond substituents is 1. The fourth-order valence-electron chi connectivity index (χ4n) is 0.748. The van der Waals surface area contributed by atoms with E-state index in [1.807, 2.05) is 0 Å². The summed E-state index contributed by atoms with van der Waals surface area (Å²) in [5.41, 5.74) is -0.332. The largest absolute Gasteiger partial charge is 0.504 e. The molecule has 0 unspecified atom stereocenters. The van der Waals surface area contributed by atoms with Crippen molar-refractivity contribution in [2.45, 2.75) is 0 Å². The molecule has 0 saturated heterocycles. The van der Waals surface area contributed by atoms with E-state index in [2.05, 4.69) is 15.9 Å². The van der Waals surface area contributed by atoms with Gasteiger partial charge in [-0.2, -0.15) is 0 Å². The Kier molecular flexibility index (Phi) is 2.23. The van der Waals surface area contributed by atoms with Gasteiger partial charge >= 0.3 is 5.97 Å². The van der Waals surface area contributed by atoms with Crippen molar-refractivity contribution in [3.05, 3.63) is 22.2 Å². The van der Waals surface area contributed by atoms with Gasteiger partial charge in [0.2, 0.25) is 0 Å². The number of aromatic carboxylic acids is 1. The second-order valence-corrected chi connectivity index (χ2v) is 3.04. The van der Waals surface area contributed by atoms with Crippen LogP contribution >= 0.6 is 15.9 Å². The minimum atomic E-state index is -1.29. The Balaban J connectivity index is 3.37. The van der Waals surface area contributed by atoms with Crippen molar-refractivity contribution in [3.8, 4) is 11.5 Å². The summed E-state index contributed by atoms with van der Waals surface area (Å²) in [4.78, 5) is 10.4. The minimum Gasteiger partial charge on any atom is -0.504 e. The van der Waals surface area contributed by atoms with Crippen LogP contribution < -0.4 is 0 Å². The molecule has 0 amide bonds. The second kappa shape index (κ2) is 3.02. The number of carbonyl (C=O) groups is 1. The van der Waals surface area contributed by atoms with Crippen molar-refractivity contribution in [2.24, 2.45) is 0 Å². The molecule has 0 fully saturated rings. The second-order valence-electron chi connectivity index (χ2n) is 2.13. The molecule has 0 aromatic heterocycles. The van der Waals surface area contributed by atoms with E-state index >= 15 is 0 Å². The third-order valence-corrected chi connectivity index (χ3v) is 1.74. The Labute approximate surface area is 76.2 Å². The van der Waals surface area contributed by atoms with Gasteiger partial charge in [0, 0.05) is 4.47 Å². The Morgan fingerprint density at radius 2 is 1.92 bits per heavy atom. The van der Waals surface area contributed by atoms with Crippen molar-refractivity contribution in [2.75, 3.05) is 0 Å². The number of hydrogen-bond donors (Lipinski definition) is 3. The van der Waals surface area contributed by atoms with E-state index in [1.54, 1.807) is 0 Å². The zero-order valence-corrected chi connectivity index (χ0v) is 7.37. The molecule has 0 bridgehead atoms. The highest BCUT2D eigenvalue weighted by Crippen LogP contribution is 2.32. The number of hydrogen-bond acceptors (Lipinski definition) is 3. The third kappa shape index (κ3) is 1.50. The first kappa shape index (κ1) is 8.86. The maximum Gasteiger partial charge on any atom is 0.339 e. The Hall–Kier alpha value is -1.23. The third-order valence-electron chi connectivity index (χ3n) is 1.28. The lowest BCUT2D eigenvalue weighted by molar-refractivity contribution is 0.0693. The predicted molar refractivity (Wildman–Crippen MR) is 44.4 cm³/mol. The molecule has 3 N–H and O–H groups in total. The first-order valence-electron chi connectivity index (χ1n) is 2.97. The monoisotopic (exact) mass is 232 g/mol. The first-order chi connectivity index (χ1) is 5.52. The van der Waals surface area contributed by atoms with Crippen molar-refractivity contribution in [1.29, 1.82) is 0 Å². The van der Waals surface area contributed by atoms with Gasteiger partial charge in [-0.3, -0.25) is 0 Å². The highest BCUT2D eigenvalue weighted by Gasteiger charge is 2.13. The lowest BCUT2D eigenvalue weighted by atomic mass is 10.2. The number of halogens is 1. The van der Waals surface area contributed by atoms with E-state index in [0.717, 1.165) is 0 Å². The van der Waals surface area contributed by atoms with Crippen LogP contribution in [0.25, 0.3) is 0 Å². The molecular weight excluding hydrogens is 228 g/mol. The van der Waals surface area contributed by atoms with Crippen LogP contribution in [0, 0.1) is 0 Å². The molecule has 0 spiro atoms. The summed E-state index contributed by atoms with van der Waals surface area (Å²) >= 11 is 2.98. The zero-order chi connectivity index (χ0) is 9.30. The van der Waals surface area contributed by atoms with Gasteiger partial charge in [-0.05, 0) is 12.1 Å². The van der Waals surface area contributed by atoms with E-state index in [-0.39, 0.29) is 5.56 Å². The van der Waals surface area contributed by atoms with E-state index in [0.29, 0.717) is 4.47 Å². The molecule has 1 aromatic rings. The summed E-state index contributed by atoms with van der Waals surface area (Å²) < 4.78 is 0.398. The molecule has 12 heavy (non-hydrogen) atoms. The highest BCUT2D eigenvalue weighted by atomic mass is 79.9. The fraction of sp³-hybridized carbons (Fsp3) is 0. The summed E-state index contributed by atoms with van der Waals surface area (Å²) in [5.74, 6) is -2.36. The molecule has 0 heterocycles. The van der Waals surface area contributed by atoms with E-state index < -0.39 is 17.5 Å². The maximum atomic E-state index is 10.4. The van der Waals surface area contributed by atoms with Crippen molar-refractivity contribution >= 4 is 21.9 Å². The molecule has 4 nitrogen and oxygen atoms in total. The van der Waals surface area contributed by atoms with Crippen LogP contribution in [-0.4, -0.2) is 21.3 Å². The minimum absolute atomic E-state index is 0.332. The van der Waals surface area contributed by atoms with Crippen LogP contribution in [0.2, 0.25) is 0 Å². The van der Waals surface area contributed by atoms with Gasteiger partial charge in [0.05, 0.1) is 0 Å². The molecule has 0 saturated carbocycles.